The molecule has 0 saturated carbocycles. The summed E-state index contributed by atoms with van der Waals surface area (Å²) in [6.07, 6.45) is 4.17. The normalized spacial score (nSPS) is 17.6. The first-order valence-corrected chi connectivity index (χ1v) is 6.82. The smallest absolute Gasteiger partial charge is 0.227 e. The van der Waals surface area contributed by atoms with Gasteiger partial charge in [-0.05, 0) is 36.6 Å². The Balaban J connectivity index is 1.69. The molecule has 20 heavy (non-hydrogen) atoms. The molecule has 0 aliphatic heterocycles. The third kappa shape index (κ3) is 2.49. The highest BCUT2D eigenvalue weighted by Gasteiger charge is 2.25. The van der Waals surface area contributed by atoms with Gasteiger partial charge < -0.3 is 10.4 Å². The monoisotopic (exact) mass is 291 g/mol. The number of hydrogen-bond donors (Lipinski definition) is 3. The number of rotatable bonds is 2. The standard InChI is InChI=1S/C14H14ClN3O2/c15-11-6-10(3-4-13(11)19)17-14(20)8-1-2-9-7-16-18-12(9)5-8/h3-4,6-8,19H,1-2,5H2,(H,16,18)(H,17,20)/t8-/m1/s1. The predicted octanol–water partition coefficient (Wildman–Crippen LogP) is 2.51. The number of fused-ring (bicyclic) bond motifs is 1. The summed E-state index contributed by atoms with van der Waals surface area (Å²) in [5.74, 6) is -0.105. The van der Waals surface area contributed by atoms with Gasteiger partial charge in [-0.25, -0.2) is 0 Å². The second-order valence-electron chi connectivity index (χ2n) is 4.97. The van der Waals surface area contributed by atoms with Crippen LogP contribution in [-0.2, 0) is 17.6 Å². The van der Waals surface area contributed by atoms with E-state index in [9.17, 15) is 9.90 Å². The van der Waals surface area contributed by atoms with E-state index in [2.05, 4.69) is 15.5 Å². The molecule has 1 amide bonds. The van der Waals surface area contributed by atoms with Crippen molar-refractivity contribution in [3.63, 3.8) is 0 Å². The highest BCUT2D eigenvalue weighted by Crippen LogP contribution is 2.28. The number of H-pyrrole nitrogens is 1. The first kappa shape index (κ1) is 13.0. The minimum absolute atomic E-state index is 0.00411. The molecule has 1 aromatic heterocycles. The van der Waals surface area contributed by atoms with Crippen molar-refractivity contribution < 1.29 is 9.90 Å². The number of aryl methyl sites for hydroxylation is 1. The van der Waals surface area contributed by atoms with Gasteiger partial charge >= 0.3 is 0 Å². The second-order valence-corrected chi connectivity index (χ2v) is 5.38. The average Bonchev–Trinajstić information content (AvgIpc) is 2.90. The summed E-state index contributed by atoms with van der Waals surface area (Å²) in [5, 5.41) is 19.4. The zero-order chi connectivity index (χ0) is 14.1. The van der Waals surface area contributed by atoms with Gasteiger partial charge in [0.1, 0.15) is 5.75 Å². The van der Waals surface area contributed by atoms with E-state index in [1.807, 2.05) is 6.20 Å². The van der Waals surface area contributed by atoms with Crippen LogP contribution in [0.4, 0.5) is 5.69 Å². The van der Waals surface area contributed by atoms with Gasteiger partial charge in [-0.15, -0.1) is 0 Å². The maximum absolute atomic E-state index is 12.2. The van der Waals surface area contributed by atoms with Crippen LogP contribution in [0.5, 0.6) is 5.75 Å². The number of benzene rings is 1. The summed E-state index contributed by atoms with van der Waals surface area (Å²) in [6.45, 7) is 0. The fraction of sp³-hybridized carbons (Fsp3) is 0.286. The van der Waals surface area contributed by atoms with Crippen molar-refractivity contribution in [2.75, 3.05) is 5.32 Å². The highest BCUT2D eigenvalue weighted by molar-refractivity contribution is 6.32. The predicted molar refractivity (Wildman–Crippen MR) is 75.8 cm³/mol. The number of nitrogens with zero attached hydrogens (tertiary/aromatic N) is 1. The number of carbonyl (C=O) groups is 1. The van der Waals surface area contributed by atoms with Crippen molar-refractivity contribution >= 4 is 23.2 Å². The van der Waals surface area contributed by atoms with Gasteiger partial charge in [-0.2, -0.15) is 5.10 Å². The number of phenolic OH excluding ortho intramolecular Hbond substituents is 1. The molecule has 0 radical (unpaired) electrons. The number of nitrogens with one attached hydrogen (secondary N) is 2. The van der Waals surface area contributed by atoms with Crippen LogP contribution in [0.1, 0.15) is 17.7 Å². The number of carbonyl (C=O) groups excluding carboxylic acids is 1. The number of halogens is 1. The summed E-state index contributed by atoms with van der Waals surface area (Å²) in [5.41, 5.74) is 2.83. The number of aromatic nitrogens is 2. The lowest BCUT2D eigenvalue weighted by atomic mass is 9.87. The van der Waals surface area contributed by atoms with Crippen LogP contribution >= 0.6 is 11.6 Å². The van der Waals surface area contributed by atoms with E-state index in [0.29, 0.717) is 12.1 Å². The number of hydrogen-bond acceptors (Lipinski definition) is 3. The molecule has 1 aliphatic carbocycles. The maximum Gasteiger partial charge on any atom is 0.227 e. The summed E-state index contributed by atoms with van der Waals surface area (Å²) in [4.78, 5) is 12.2. The van der Waals surface area contributed by atoms with Crippen molar-refractivity contribution in [3.05, 3.63) is 40.7 Å². The Bertz CT molecular complexity index is 654. The SMILES string of the molecule is O=C(Nc1ccc(O)c(Cl)c1)[C@@H]1CCc2cn[nH]c2C1. The fourth-order valence-corrected chi connectivity index (χ4v) is 2.64. The van der Waals surface area contributed by atoms with Gasteiger partial charge in [0.15, 0.2) is 0 Å². The van der Waals surface area contributed by atoms with Gasteiger partial charge in [0.25, 0.3) is 0 Å². The maximum atomic E-state index is 12.2. The van der Waals surface area contributed by atoms with Crippen molar-refractivity contribution in [1.29, 1.82) is 0 Å². The summed E-state index contributed by atoms with van der Waals surface area (Å²) in [6, 6.07) is 4.63. The zero-order valence-corrected chi connectivity index (χ0v) is 11.4. The van der Waals surface area contributed by atoms with Crippen LogP contribution in [0, 0.1) is 5.92 Å². The average molecular weight is 292 g/mol. The van der Waals surface area contributed by atoms with E-state index in [1.165, 1.54) is 11.6 Å². The van der Waals surface area contributed by atoms with Crippen LogP contribution in [0.25, 0.3) is 0 Å². The van der Waals surface area contributed by atoms with Gasteiger partial charge in [0.05, 0.1) is 11.2 Å². The van der Waals surface area contributed by atoms with Gasteiger partial charge in [-0.1, -0.05) is 11.6 Å². The van der Waals surface area contributed by atoms with Crippen LogP contribution in [0.2, 0.25) is 5.02 Å². The molecule has 2 aromatic rings. The largest absolute Gasteiger partial charge is 0.506 e. The Morgan fingerprint density at radius 1 is 1.50 bits per heavy atom. The van der Waals surface area contributed by atoms with Crippen molar-refractivity contribution in [2.24, 2.45) is 5.92 Å². The molecule has 3 rings (SSSR count). The van der Waals surface area contributed by atoms with E-state index in [1.54, 1.807) is 12.1 Å². The number of aromatic amines is 1. The van der Waals surface area contributed by atoms with E-state index in [4.69, 9.17) is 11.6 Å². The van der Waals surface area contributed by atoms with Crippen LogP contribution < -0.4 is 5.32 Å². The summed E-state index contributed by atoms with van der Waals surface area (Å²) in [7, 11) is 0. The molecule has 0 fully saturated rings. The Morgan fingerprint density at radius 3 is 3.15 bits per heavy atom. The van der Waals surface area contributed by atoms with E-state index < -0.39 is 0 Å². The van der Waals surface area contributed by atoms with E-state index in [-0.39, 0.29) is 22.6 Å². The Labute approximate surface area is 121 Å². The van der Waals surface area contributed by atoms with Gasteiger partial charge in [0, 0.05) is 23.7 Å². The molecule has 3 N–H and O–H groups in total. The molecule has 0 unspecified atom stereocenters. The van der Waals surface area contributed by atoms with Crippen molar-refractivity contribution in [3.8, 4) is 5.75 Å². The molecule has 0 bridgehead atoms. The van der Waals surface area contributed by atoms with E-state index in [0.717, 1.165) is 18.5 Å². The Kier molecular flexibility index (Phi) is 3.36. The molecule has 1 aromatic carbocycles. The minimum atomic E-state index is -0.0736. The molecule has 0 spiro atoms. The van der Waals surface area contributed by atoms with Gasteiger partial charge in [0.2, 0.25) is 5.91 Å². The summed E-state index contributed by atoms with van der Waals surface area (Å²) < 4.78 is 0. The molecule has 1 heterocycles. The number of aromatic hydroxyl groups is 1. The molecule has 1 atom stereocenters. The number of phenols is 1. The topological polar surface area (TPSA) is 78.0 Å². The first-order valence-electron chi connectivity index (χ1n) is 6.44. The van der Waals surface area contributed by atoms with Crippen LogP contribution in [0.3, 0.4) is 0 Å². The Hall–Kier alpha value is -2.01. The molecular formula is C14H14ClN3O2. The Morgan fingerprint density at radius 2 is 2.35 bits per heavy atom. The van der Waals surface area contributed by atoms with Crippen LogP contribution in [0.15, 0.2) is 24.4 Å². The van der Waals surface area contributed by atoms with Gasteiger partial charge in [-0.3, -0.25) is 9.89 Å². The summed E-state index contributed by atoms with van der Waals surface area (Å²) >= 11 is 5.82. The lowest BCUT2D eigenvalue weighted by molar-refractivity contribution is -0.120. The third-order valence-electron chi connectivity index (χ3n) is 3.61. The molecule has 0 saturated heterocycles. The molecule has 5 nitrogen and oxygen atoms in total. The fourth-order valence-electron chi connectivity index (χ4n) is 2.46. The lowest BCUT2D eigenvalue weighted by Gasteiger charge is -2.21. The zero-order valence-electron chi connectivity index (χ0n) is 10.7. The number of amides is 1. The highest BCUT2D eigenvalue weighted by atomic mass is 35.5. The molecule has 104 valence electrons. The first-order chi connectivity index (χ1) is 9.63. The molecule has 1 aliphatic rings. The van der Waals surface area contributed by atoms with Crippen molar-refractivity contribution in [2.45, 2.75) is 19.3 Å². The van der Waals surface area contributed by atoms with Crippen LogP contribution in [-0.4, -0.2) is 21.2 Å². The lowest BCUT2D eigenvalue weighted by Crippen LogP contribution is -2.28. The third-order valence-corrected chi connectivity index (χ3v) is 3.91. The molecular weight excluding hydrogens is 278 g/mol. The minimum Gasteiger partial charge on any atom is -0.506 e. The molecule has 6 heteroatoms. The quantitative estimate of drug-likeness (QED) is 0.744. The van der Waals surface area contributed by atoms with Crippen molar-refractivity contribution in [1.82, 2.24) is 10.2 Å². The second kappa shape index (κ2) is 5.17. The number of anilines is 1. The van der Waals surface area contributed by atoms with E-state index >= 15 is 0 Å².